The molecule has 0 aliphatic carbocycles. The Labute approximate surface area is 129 Å². The molecule has 0 radical (unpaired) electrons. The lowest BCUT2D eigenvalue weighted by Gasteiger charge is -2.21. The first kappa shape index (κ1) is 17.0. The van der Waals surface area contributed by atoms with Gasteiger partial charge in [0, 0.05) is 12.1 Å². The predicted molar refractivity (Wildman–Crippen MR) is 80.6 cm³/mol. The molecule has 0 saturated carbocycles. The van der Waals surface area contributed by atoms with Crippen molar-refractivity contribution in [3.63, 3.8) is 0 Å². The molecule has 1 aromatic rings. The summed E-state index contributed by atoms with van der Waals surface area (Å²) >= 11 is 5.91. The van der Waals surface area contributed by atoms with Gasteiger partial charge in [-0.15, -0.1) is 12.4 Å². The van der Waals surface area contributed by atoms with E-state index in [-0.39, 0.29) is 24.2 Å². The molecule has 1 saturated heterocycles. The molecule has 1 aliphatic rings. The average Bonchev–Trinajstić information content (AvgIpc) is 2.46. The lowest BCUT2D eigenvalue weighted by molar-refractivity contribution is -0.125. The van der Waals surface area contributed by atoms with Crippen molar-refractivity contribution in [3.05, 3.63) is 23.4 Å². The highest BCUT2D eigenvalue weighted by molar-refractivity contribution is 6.31. The number of aromatic nitrogens is 1. The number of piperidine rings is 1. The van der Waals surface area contributed by atoms with Gasteiger partial charge in [-0.3, -0.25) is 4.79 Å². The molecule has 2 heterocycles. The molecule has 0 unspecified atom stereocenters. The van der Waals surface area contributed by atoms with Crippen molar-refractivity contribution in [3.8, 4) is 5.88 Å². The minimum absolute atomic E-state index is 0. The van der Waals surface area contributed by atoms with Crippen LogP contribution in [-0.2, 0) is 4.79 Å². The lowest BCUT2D eigenvalue weighted by Crippen LogP contribution is -2.39. The fourth-order valence-electron chi connectivity index (χ4n) is 2.03. The fourth-order valence-corrected chi connectivity index (χ4v) is 2.20. The maximum atomic E-state index is 11.8. The normalized spacial score (nSPS) is 15.2. The zero-order valence-electron chi connectivity index (χ0n) is 11.1. The number of carbonyl (C=O) groups is 1. The molecule has 0 aromatic carbocycles. The summed E-state index contributed by atoms with van der Waals surface area (Å²) in [4.78, 5) is 15.8. The van der Waals surface area contributed by atoms with Crippen LogP contribution in [0.5, 0.6) is 5.88 Å². The standard InChI is InChI=1S/C13H18ClN3O2.ClH/c14-11-2-1-5-17-13(11)19-9-8-16-12(18)10-3-6-15-7-4-10;/h1-2,5,10,15H,3-4,6-9H2,(H,16,18);1H. The van der Waals surface area contributed by atoms with Gasteiger partial charge in [-0.1, -0.05) is 11.6 Å². The van der Waals surface area contributed by atoms with E-state index in [9.17, 15) is 4.79 Å². The molecular formula is C13H19Cl2N3O2. The monoisotopic (exact) mass is 319 g/mol. The highest BCUT2D eigenvalue weighted by Crippen LogP contribution is 2.19. The van der Waals surface area contributed by atoms with Gasteiger partial charge in [0.25, 0.3) is 0 Å². The molecule has 1 amide bonds. The van der Waals surface area contributed by atoms with Crippen molar-refractivity contribution in [2.75, 3.05) is 26.2 Å². The number of amides is 1. The van der Waals surface area contributed by atoms with E-state index in [1.165, 1.54) is 0 Å². The third-order valence-electron chi connectivity index (χ3n) is 3.07. The van der Waals surface area contributed by atoms with Gasteiger partial charge in [-0.2, -0.15) is 0 Å². The Bertz CT molecular complexity index is 426. The first-order valence-electron chi connectivity index (χ1n) is 6.49. The summed E-state index contributed by atoms with van der Waals surface area (Å²) in [5.74, 6) is 0.636. The summed E-state index contributed by atoms with van der Waals surface area (Å²) in [6.07, 6.45) is 3.42. The van der Waals surface area contributed by atoms with Crippen molar-refractivity contribution < 1.29 is 9.53 Å². The van der Waals surface area contributed by atoms with Crippen LogP contribution in [0.1, 0.15) is 12.8 Å². The van der Waals surface area contributed by atoms with Crippen molar-refractivity contribution in [2.45, 2.75) is 12.8 Å². The van der Waals surface area contributed by atoms with Crippen LogP contribution >= 0.6 is 24.0 Å². The summed E-state index contributed by atoms with van der Waals surface area (Å²) in [6.45, 7) is 2.67. The highest BCUT2D eigenvalue weighted by Gasteiger charge is 2.20. The molecule has 112 valence electrons. The van der Waals surface area contributed by atoms with Gasteiger partial charge >= 0.3 is 0 Å². The van der Waals surface area contributed by atoms with E-state index < -0.39 is 0 Å². The predicted octanol–water partition coefficient (Wildman–Crippen LogP) is 1.65. The topological polar surface area (TPSA) is 63.2 Å². The molecular weight excluding hydrogens is 301 g/mol. The Morgan fingerprint density at radius 1 is 1.50 bits per heavy atom. The minimum atomic E-state index is 0. The largest absolute Gasteiger partial charge is 0.475 e. The first-order valence-corrected chi connectivity index (χ1v) is 6.87. The van der Waals surface area contributed by atoms with Crippen LogP contribution in [-0.4, -0.2) is 37.1 Å². The van der Waals surface area contributed by atoms with Crippen LogP contribution in [0.2, 0.25) is 5.02 Å². The zero-order chi connectivity index (χ0) is 13.5. The molecule has 5 nitrogen and oxygen atoms in total. The van der Waals surface area contributed by atoms with E-state index in [1.54, 1.807) is 18.3 Å². The summed E-state index contributed by atoms with van der Waals surface area (Å²) in [6, 6.07) is 3.46. The molecule has 2 N–H and O–H groups in total. The number of ether oxygens (including phenoxy) is 1. The SMILES string of the molecule is Cl.O=C(NCCOc1ncccc1Cl)C1CCNCC1. The van der Waals surface area contributed by atoms with Crippen LogP contribution in [0.15, 0.2) is 18.3 Å². The summed E-state index contributed by atoms with van der Waals surface area (Å²) in [5.41, 5.74) is 0. The Morgan fingerprint density at radius 3 is 2.95 bits per heavy atom. The molecule has 20 heavy (non-hydrogen) atoms. The first-order chi connectivity index (χ1) is 9.27. The van der Waals surface area contributed by atoms with Gasteiger partial charge in [0.05, 0.1) is 6.54 Å². The molecule has 2 rings (SSSR count). The van der Waals surface area contributed by atoms with Gasteiger partial charge in [0.2, 0.25) is 11.8 Å². The number of halogens is 2. The number of pyridine rings is 1. The highest BCUT2D eigenvalue weighted by atomic mass is 35.5. The minimum Gasteiger partial charge on any atom is -0.475 e. The second-order valence-corrected chi connectivity index (χ2v) is 4.86. The van der Waals surface area contributed by atoms with Gasteiger partial charge in [-0.05, 0) is 38.1 Å². The number of nitrogens with zero attached hydrogens (tertiary/aromatic N) is 1. The Morgan fingerprint density at radius 2 is 2.25 bits per heavy atom. The molecule has 0 spiro atoms. The Balaban J connectivity index is 0.00000200. The molecule has 1 fully saturated rings. The fraction of sp³-hybridized carbons (Fsp3) is 0.538. The number of rotatable bonds is 5. The van der Waals surface area contributed by atoms with E-state index in [2.05, 4.69) is 15.6 Å². The van der Waals surface area contributed by atoms with Crippen molar-refractivity contribution in [1.29, 1.82) is 0 Å². The molecule has 7 heteroatoms. The number of hydrogen-bond donors (Lipinski definition) is 2. The molecule has 0 atom stereocenters. The quantitative estimate of drug-likeness (QED) is 0.810. The summed E-state index contributed by atoms with van der Waals surface area (Å²) in [5, 5.41) is 6.60. The lowest BCUT2D eigenvalue weighted by atomic mass is 9.97. The van der Waals surface area contributed by atoms with E-state index in [1.807, 2.05) is 0 Å². The van der Waals surface area contributed by atoms with Crippen LogP contribution in [0.4, 0.5) is 0 Å². The van der Waals surface area contributed by atoms with Crippen molar-refractivity contribution >= 4 is 29.9 Å². The summed E-state index contributed by atoms with van der Waals surface area (Å²) in [7, 11) is 0. The third-order valence-corrected chi connectivity index (χ3v) is 3.36. The molecule has 1 aromatic heterocycles. The van der Waals surface area contributed by atoms with E-state index in [0.29, 0.717) is 24.1 Å². The smallest absolute Gasteiger partial charge is 0.232 e. The number of hydrogen-bond acceptors (Lipinski definition) is 4. The van der Waals surface area contributed by atoms with E-state index in [0.717, 1.165) is 25.9 Å². The van der Waals surface area contributed by atoms with Crippen molar-refractivity contribution in [2.24, 2.45) is 5.92 Å². The van der Waals surface area contributed by atoms with Crippen LogP contribution in [0.3, 0.4) is 0 Å². The molecule has 0 bridgehead atoms. The zero-order valence-corrected chi connectivity index (χ0v) is 12.7. The summed E-state index contributed by atoms with van der Waals surface area (Å²) < 4.78 is 5.40. The van der Waals surface area contributed by atoms with Gasteiger partial charge < -0.3 is 15.4 Å². The Kier molecular flexibility index (Phi) is 7.65. The van der Waals surface area contributed by atoms with Gasteiger partial charge in [-0.25, -0.2) is 4.98 Å². The Hall–Kier alpha value is -1.04. The average molecular weight is 320 g/mol. The van der Waals surface area contributed by atoms with Crippen molar-refractivity contribution in [1.82, 2.24) is 15.6 Å². The van der Waals surface area contributed by atoms with Crippen LogP contribution < -0.4 is 15.4 Å². The maximum absolute atomic E-state index is 11.8. The maximum Gasteiger partial charge on any atom is 0.232 e. The second kappa shape index (κ2) is 9.00. The second-order valence-electron chi connectivity index (χ2n) is 4.45. The van der Waals surface area contributed by atoms with Gasteiger partial charge in [0.15, 0.2) is 0 Å². The van der Waals surface area contributed by atoms with Crippen LogP contribution in [0.25, 0.3) is 0 Å². The number of carbonyl (C=O) groups excluding carboxylic acids is 1. The number of nitrogens with one attached hydrogen (secondary N) is 2. The molecule has 1 aliphatic heterocycles. The van der Waals surface area contributed by atoms with Crippen LogP contribution in [0, 0.1) is 5.92 Å². The van der Waals surface area contributed by atoms with Gasteiger partial charge in [0.1, 0.15) is 11.6 Å². The van der Waals surface area contributed by atoms with E-state index in [4.69, 9.17) is 16.3 Å². The van der Waals surface area contributed by atoms with E-state index >= 15 is 0 Å². The third kappa shape index (κ3) is 5.15.